The minimum Gasteiger partial charge on any atom is -0.334 e. The Morgan fingerprint density at radius 3 is 2.83 bits per heavy atom. The fraction of sp³-hybridized carbons (Fsp3) is 0.529. The highest BCUT2D eigenvalue weighted by atomic mass is 35.5. The molecule has 2 aliphatic rings. The maximum atomic E-state index is 14.1. The van der Waals surface area contributed by atoms with Crippen molar-refractivity contribution in [3.8, 4) is 0 Å². The van der Waals surface area contributed by atoms with Gasteiger partial charge in [0.1, 0.15) is 5.82 Å². The Hall–Kier alpha value is -1.66. The molecule has 2 unspecified atom stereocenters. The van der Waals surface area contributed by atoms with Gasteiger partial charge in [0.25, 0.3) is 0 Å². The zero-order chi connectivity index (χ0) is 16.4. The van der Waals surface area contributed by atoms with Gasteiger partial charge in [-0.1, -0.05) is 25.1 Å². The number of likely N-dealkylation sites (tertiary alicyclic amines) is 1. The third-order valence-corrected chi connectivity index (χ3v) is 4.61. The van der Waals surface area contributed by atoms with Crippen LogP contribution in [0.5, 0.6) is 0 Å². The van der Waals surface area contributed by atoms with E-state index in [2.05, 4.69) is 12.2 Å². The Kier molecular flexibility index (Phi) is 6.18. The first kappa shape index (κ1) is 18.7. The van der Waals surface area contributed by atoms with Gasteiger partial charge in [-0.05, 0) is 18.4 Å². The van der Waals surface area contributed by atoms with Crippen LogP contribution in [0.4, 0.5) is 4.39 Å². The van der Waals surface area contributed by atoms with Crippen molar-refractivity contribution in [3.63, 3.8) is 0 Å². The van der Waals surface area contributed by atoms with E-state index in [1.54, 1.807) is 28.0 Å². The largest absolute Gasteiger partial charge is 0.334 e. The average molecular weight is 356 g/mol. The molecule has 0 aromatic heterocycles. The quantitative estimate of drug-likeness (QED) is 0.895. The van der Waals surface area contributed by atoms with Gasteiger partial charge in [-0.3, -0.25) is 9.59 Å². The van der Waals surface area contributed by atoms with Crippen LogP contribution in [0.3, 0.4) is 0 Å². The summed E-state index contributed by atoms with van der Waals surface area (Å²) in [7, 11) is 0. The van der Waals surface area contributed by atoms with E-state index in [-0.39, 0.29) is 49.2 Å². The average Bonchev–Trinajstić information content (AvgIpc) is 2.92. The Morgan fingerprint density at radius 1 is 1.38 bits per heavy atom. The SMILES string of the molecule is CC1CC(c2ccccc2F)N(C(=O)CN2CCNCC2=O)C1.Cl. The van der Waals surface area contributed by atoms with E-state index >= 15 is 0 Å². The first-order valence-electron chi connectivity index (χ1n) is 8.08. The minimum atomic E-state index is -0.275. The van der Waals surface area contributed by atoms with Crippen LogP contribution < -0.4 is 5.32 Å². The number of benzene rings is 1. The van der Waals surface area contributed by atoms with Crippen LogP contribution in [-0.2, 0) is 9.59 Å². The summed E-state index contributed by atoms with van der Waals surface area (Å²) in [5.41, 5.74) is 0.567. The van der Waals surface area contributed by atoms with Gasteiger partial charge < -0.3 is 15.1 Å². The molecule has 2 atom stereocenters. The lowest BCUT2D eigenvalue weighted by Crippen LogP contribution is -2.51. The number of piperazine rings is 1. The molecule has 1 aromatic carbocycles. The lowest BCUT2D eigenvalue weighted by atomic mass is 10.0. The zero-order valence-corrected chi connectivity index (χ0v) is 14.5. The molecule has 1 aromatic rings. The molecule has 2 fully saturated rings. The Bertz CT molecular complexity index is 613. The maximum absolute atomic E-state index is 14.1. The molecule has 132 valence electrons. The van der Waals surface area contributed by atoms with Crippen LogP contribution in [0, 0.1) is 11.7 Å². The van der Waals surface area contributed by atoms with Crippen molar-refractivity contribution in [2.45, 2.75) is 19.4 Å². The summed E-state index contributed by atoms with van der Waals surface area (Å²) in [6.45, 7) is 4.28. The molecule has 2 saturated heterocycles. The van der Waals surface area contributed by atoms with E-state index in [0.29, 0.717) is 31.1 Å². The normalized spacial score (nSPS) is 24.0. The zero-order valence-electron chi connectivity index (χ0n) is 13.7. The van der Waals surface area contributed by atoms with Gasteiger partial charge in [0.2, 0.25) is 11.8 Å². The summed E-state index contributed by atoms with van der Waals surface area (Å²) < 4.78 is 14.1. The molecule has 2 heterocycles. The minimum absolute atomic E-state index is 0. The third-order valence-electron chi connectivity index (χ3n) is 4.61. The highest BCUT2D eigenvalue weighted by Crippen LogP contribution is 2.36. The van der Waals surface area contributed by atoms with E-state index in [9.17, 15) is 14.0 Å². The Morgan fingerprint density at radius 2 is 2.12 bits per heavy atom. The molecule has 1 N–H and O–H groups in total. The predicted octanol–water partition coefficient (Wildman–Crippen LogP) is 1.59. The molecule has 2 aliphatic heterocycles. The molecule has 3 rings (SSSR count). The first-order valence-corrected chi connectivity index (χ1v) is 8.08. The molecular weight excluding hydrogens is 333 g/mol. The number of hydrogen-bond donors (Lipinski definition) is 1. The van der Waals surface area contributed by atoms with Gasteiger partial charge in [0.15, 0.2) is 0 Å². The summed E-state index contributed by atoms with van der Waals surface area (Å²) in [6, 6.07) is 6.39. The number of carbonyl (C=O) groups excluding carboxylic acids is 2. The highest BCUT2D eigenvalue weighted by Gasteiger charge is 2.36. The van der Waals surface area contributed by atoms with Gasteiger partial charge in [-0.25, -0.2) is 4.39 Å². The van der Waals surface area contributed by atoms with Crippen molar-refractivity contribution < 1.29 is 14.0 Å². The van der Waals surface area contributed by atoms with E-state index < -0.39 is 0 Å². The smallest absolute Gasteiger partial charge is 0.242 e. The molecule has 24 heavy (non-hydrogen) atoms. The topological polar surface area (TPSA) is 52.7 Å². The number of nitrogens with zero attached hydrogens (tertiary/aromatic N) is 2. The molecule has 0 aliphatic carbocycles. The second kappa shape index (κ2) is 7.94. The van der Waals surface area contributed by atoms with Crippen LogP contribution in [0.25, 0.3) is 0 Å². The Labute approximate surface area is 147 Å². The van der Waals surface area contributed by atoms with Gasteiger partial charge >= 0.3 is 0 Å². The molecule has 5 nitrogen and oxygen atoms in total. The number of halogens is 2. The number of nitrogens with one attached hydrogen (secondary N) is 1. The molecule has 0 bridgehead atoms. The van der Waals surface area contributed by atoms with Crippen LogP contribution >= 0.6 is 12.4 Å². The molecule has 0 radical (unpaired) electrons. The fourth-order valence-electron chi connectivity index (χ4n) is 3.43. The monoisotopic (exact) mass is 355 g/mol. The van der Waals surface area contributed by atoms with E-state index in [1.165, 1.54) is 6.07 Å². The van der Waals surface area contributed by atoms with Gasteiger partial charge in [-0.15, -0.1) is 12.4 Å². The maximum Gasteiger partial charge on any atom is 0.242 e. The molecule has 0 spiro atoms. The lowest BCUT2D eigenvalue weighted by Gasteiger charge is -2.31. The first-order chi connectivity index (χ1) is 11.1. The van der Waals surface area contributed by atoms with E-state index in [4.69, 9.17) is 0 Å². The van der Waals surface area contributed by atoms with Crippen molar-refractivity contribution in [1.29, 1.82) is 0 Å². The summed E-state index contributed by atoms with van der Waals surface area (Å²) in [5, 5.41) is 2.99. The predicted molar refractivity (Wildman–Crippen MR) is 91.3 cm³/mol. The number of carbonyl (C=O) groups is 2. The van der Waals surface area contributed by atoms with Gasteiger partial charge in [0, 0.05) is 25.2 Å². The Balaban J connectivity index is 0.00000208. The summed E-state index contributed by atoms with van der Waals surface area (Å²) in [4.78, 5) is 27.9. The molecule has 0 saturated carbocycles. The summed E-state index contributed by atoms with van der Waals surface area (Å²) >= 11 is 0. The second-order valence-electron chi connectivity index (χ2n) is 6.42. The molecule has 7 heteroatoms. The van der Waals surface area contributed by atoms with Crippen molar-refractivity contribution in [3.05, 3.63) is 35.6 Å². The van der Waals surface area contributed by atoms with E-state index in [1.807, 2.05) is 0 Å². The van der Waals surface area contributed by atoms with E-state index in [0.717, 1.165) is 6.42 Å². The summed E-state index contributed by atoms with van der Waals surface area (Å²) in [6.07, 6.45) is 0.752. The van der Waals surface area contributed by atoms with Crippen LogP contribution in [0.2, 0.25) is 0 Å². The van der Waals surface area contributed by atoms with Crippen molar-refractivity contribution in [1.82, 2.24) is 15.1 Å². The fourth-order valence-corrected chi connectivity index (χ4v) is 3.43. The number of hydrogen-bond acceptors (Lipinski definition) is 3. The van der Waals surface area contributed by atoms with Crippen LogP contribution in [0.15, 0.2) is 24.3 Å². The van der Waals surface area contributed by atoms with Crippen molar-refractivity contribution in [2.24, 2.45) is 5.92 Å². The van der Waals surface area contributed by atoms with Gasteiger partial charge in [0.05, 0.1) is 19.1 Å². The van der Waals surface area contributed by atoms with Gasteiger partial charge in [-0.2, -0.15) is 0 Å². The summed E-state index contributed by atoms with van der Waals surface area (Å²) in [5.74, 6) is -0.109. The van der Waals surface area contributed by atoms with Crippen molar-refractivity contribution in [2.75, 3.05) is 32.7 Å². The van der Waals surface area contributed by atoms with Crippen LogP contribution in [0.1, 0.15) is 24.9 Å². The van der Waals surface area contributed by atoms with Crippen LogP contribution in [-0.4, -0.2) is 54.3 Å². The lowest BCUT2D eigenvalue weighted by molar-refractivity contribution is -0.141. The standard InChI is InChI=1S/C17H22FN3O2.ClH/c1-12-8-15(13-4-2-3-5-14(13)18)21(10-12)17(23)11-20-7-6-19-9-16(20)22;/h2-5,12,15,19H,6-11H2,1H3;1H. The second-order valence-corrected chi connectivity index (χ2v) is 6.42. The highest BCUT2D eigenvalue weighted by molar-refractivity contribution is 5.86. The number of rotatable bonds is 3. The molecular formula is C17H23ClFN3O2. The van der Waals surface area contributed by atoms with Crippen molar-refractivity contribution >= 4 is 24.2 Å². The number of amides is 2. The molecule has 2 amide bonds. The third kappa shape index (κ3) is 3.87.